The molecule has 1 aliphatic heterocycles. The summed E-state index contributed by atoms with van der Waals surface area (Å²) in [4.78, 5) is 15.8. The second-order valence-electron chi connectivity index (χ2n) is 6.06. The molecule has 1 amide bonds. The molecule has 1 heterocycles. The van der Waals surface area contributed by atoms with Crippen molar-refractivity contribution in [2.24, 2.45) is 0 Å². The molecular formula is C18H18ClNO3S2. The number of benzene rings is 2. The molecule has 25 heavy (non-hydrogen) atoms. The molecule has 3 rings (SSSR count). The van der Waals surface area contributed by atoms with Crippen molar-refractivity contribution in [1.82, 2.24) is 0 Å². The van der Waals surface area contributed by atoms with Crippen molar-refractivity contribution in [3.8, 4) is 0 Å². The van der Waals surface area contributed by atoms with Crippen LogP contribution in [0.15, 0.2) is 52.3 Å². The van der Waals surface area contributed by atoms with Crippen LogP contribution in [0.1, 0.15) is 23.7 Å². The van der Waals surface area contributed by atoms with Gasteiger partial charge in [-0.05, 0) is 36.8 Å². The number of carbonyl (C=O) groups is 1. The molecular weight excluding hydrogens is 378 g/mol. The van der Waals surface area contributed by atoms with E-state index in [-0.39, 0.29) is 15.8 Å². The summed E-state index contributed by atoms with van der Waals surface area (Å²) < 4.78 is 23.8. The van der Waals surface area contributed by atoms with Crippen molar-refractivity contribution in [3.63, 3.8) is 0 Å². The average Bonchev–Trinajstić information content (AvgIpc) is 2.72. The molecule has 2 aromatic carbocycles. The van der Waals surface area contributed by atoms with E-state index in [1.807, 2.05) is 24.3 Å². The van der Waals surface area contributed by atoms with Gasteiger partial charge in [-0.1, -0.05) is 30.7 Å². The Bertz CT molecular complexity index is 928. The highest BCUT2D eigenvalue weighted by molar-refractivity contribution is 8.00. The number of sulfone groups is 1. The van der Waals surface area contributed by atoms with Crippen LogP contribution in [-0.2, 0) is 9.84 Å². The summed E-state index contributed by atoms with van der Waals surface area (Å²) >= 11 is 7.74. The molecule has 132 valence electrons. The minimum atomic E-state index is -3.50. The number of carbonyl (C=O) groups excluding carboxylic acids is 1. The van der Waals surface area contributed by atoms with Crippen molar-refractivity contribution >= 4 is 44.8 Å². The quantitative estimate of drug-likeness (QED) is 0.761. The predicted molar refractivity (Wildman–Crippen MR) is 103 cm³/mol. The highest BCUT2D eigenvalue weighted by atomic mass is 35.5. The summed E-state index contributed by atoms with van der Waals surface area (Å²) in [7, 11) is -3.50. The van der Waals surface area contributed by atoms with Crippen LogP contribution in [-0.4, -0.2) is 32.4 Å². The molecule has 4 nitrogen and oxygen atoms in total. The monoisotopic (exact) mass is 395 g/mol. The summed E-state index contributed by atoms with van der Waals surface area (Å²) in [6.45, 7) is 2.72. The number of rotatable bonds is 2. The number of thioether (sulfide) groups is 1. The molecule has 0 N–H and O–H groups in total. The van der Waals surface area contributed by atoms with Gasteiger partial charge in [-0.3, -0.25) is 4.79 Å². The molecule has 1 aliphatic rings. The normalized spacial score (nSPS) is 17.7. The average molecular weight is 396 g/mol. The molecule has 0 bridgehead atoms. The predicted octanol–water partition coefficient (Wildman–Crippen LogP) is 4.27. The Labute approximate surface area is 157 Å². The summed E-state index contributed by atoms with van der Waals surface area (Å²) in [5, 5.41) is 0.523. The molecule has 7 heteroatoms. The Morgan fingerprint density at radius 3 is 2.68 bits per heavy atom. The first-order chi connectivity index (χ1) is 11.8. The number of para-hydroxylation sites is 1. The highest BCUT2D eigenvalue weighted by Gasteiger charge is 2.26. The zero-order chi connectivity index (χ0) is 18.2. The van der Waals surface area contributed by atoms with Gasteiger partial charge in [0.25, 0.3) is 5.91 Å². The van der Waals surface area contributed by atoms with E-state index in [2.05, 4.69) is 6.92 Å². The molecule has 2 aromatic rings. The minimum absolute atomic E-state index is 0.0223. The van der Waals surface area contributed by atoms with Crippen LogP contribution in [0.2, 0.25) is 5.02 Å². The summed E-state index contributed by atoms with van der Waals surface area (Å²) in [6, 6.07) is 12.2. The number of hydrogen-bond acceptors (Lipinski definition) is 4. The molecule has 0 radical (unpaired) electrons. The number of amides is 1. The largest absolute Gasteiger partial charge is 0.307 e. The zero-order valence-electron chi connectivity index (χ0n) is 13.9. The van der Waals surface area contributed by atoms with Gasteiger partial charge in [0.15, 0.2) is 9.84 Å². The van der Waals surface area contributed by atoms with Crippen molar-refractivity contribution in [2.45, 2.75) is 28.4 Å². The number of hydrogen-bond donors (Lipinski definition) is 0. The Balaban J connectivity index is 2.04. The molecule has 0 saturated heterocycles. The Hall–Kier alpha value is -1.50. The van der Waals surface area contributed by atoms with Gasteiger partial charge in [0.2, 0.25) is 0 Å². The van der Waals surface area contributed by atoms with E-state index in [0.717, 1.165) is 23.3 Å². The number of anilines is 1. The third-order valence-electron chi connectivity index (χ3n) is 4.07. The van der Waals surface area contributed by atoms with Gasteiger partial charge in [-0.25, -0.2) is 8.42 Å². The summed E-state index contributed by atoms with van der Waals surface area (Å²) in [5.41, 5.74) is 1.18. The van der Waals surface area contributed by atoms with Gasteiger partial charge < -0.3 is 4.90 Å². The fourth-order valence-electron chi connectivity index (χ4n) is 2.77. The molecule has 0 aromatic heterocycles. The van der Waals surface area contributed by atoms with E-state index in [9.17, 15) is 13.2 Å². The van der Waals surface area contributed by atoms with Gasteiger partial charge in [0, 0.05) is 28.5 Å². The maximum absolute atomic E-state index is 13.1. The Kier molecular flexibility index (Phi) is 5.14. The van der Waals surface area contributed by atoms with Gasteiger partial charge in [0.1, 0.15) is 0 Å². The van der Waals surface area contributed by atoms with Gasteiger partial charge >= 0.3 is 0 Å². The maximum atomic E-state index is 13.1. The maximum Gasteiger partial charge on any atom is 0.258 e. The fourth-order valence-corrected chi connectivity index (χ4v) is 5.19. The van der Waals surface area contributed by atoms with Crippen molar-refractivity contribution in [2.75, 3.05) is 17.7 Å². The second kappa shape index (κ2) is 7.02. The molecule has 0 aliphatic carbocycles. The second-order valence-corrected chi connectivity index (χ2v) is 9.93. The van der Waals surface area contributed by atoms with E-state index in [1.54, 1.807) is 22.7 Å². The molecule has 0 fully saturated rings. The first kappa shape index (κ1) is 18.3. The van der Waals surface area contributed by atoms with Crippen LogP contribution in [0.3, 0.4) is 0 Å². The number of halogens is 1. The van der Waals surface area contributed by atoms with Crippen LogP contribution in [0, 0.1) is 0 Å². The lowest BCUT2D eigenvalue weighted by Crippen LogP contribution is -2.32. The first-order valence-electron chi connectivity index (χ1n) is 7.84. The third-order valence-corrected chi connectivity index (χ3v) is 6.88. The highest BCUT2D eigenvalue weighted by Crippen LogP contribution is 2.38. The van der Waals surface area contributed by atoms with E-state index >= 15 is 0 Å². The van der Waals surface area contributed by atoms with Crippen molar-refractivity contribution in [3.05, 3.63) is 53.1 Å². The number of fused-ring (bicyclic) bond motifs is 1. The van der Waals surface area contributed by atoms with E-state index < -0.39 is 9.84 Å². The Morgan fingerprint density at radius 2 is 1.96 bits per heavy atom. The van der Waals surface area contributed by atoms with Gasteiger partial charge in [-0.2, -0.15) is 0 Å². The lowest BCUT2D eigenvalue weighted by Gasteiger charge is -2.23. The molecule has 0 unspecified atom stereocenters. The van der Waals surface area contributed by atoms with Crippen molar-refractivity contribution in [1.29, 1.82) is 0 Å². The molecule has 0 spiro atoms. The summed E-state index contributed by atoms with van der Waals surface area (Å²) in [6.07, 6.45) is 1.94. The first-order valence-corrected chi connectivity index (χ1v) is 11.0. The lowest BCUT2D eigenvalue weighted by atomic mass is 10.1. The van der Waals surface area contributed by atoms with Crippen molar-refractivity contribution < 1.29 is 13.2 Å². The van der Waals surface area contributed by atoms with Crippen LogP contribution >= 0.6 is 23.4 Å². The lowest BCUT2D eigenvalue weighted by molar-refractivity contribution is 0.0986. The topological polar surface area (TPSA) is 54.5 Å². The third kappa shape index (κ3) is 3.86. The van der Waals surface area contributed by atoms with Crippen LogP contribution < -0.4 is 4.90 Å². The van der Waals surface area contributed by atoms with Crippen LogP contribution in [0.25, 0.3) is 0 Å². The van der Waals surface area contributed by atoms with Gasteiger partial charge in [0.05, 0.1) is 15.6 Å². The number of nitrogens with zero attached hydrogens (tertiary/aromatic N) is 1. The standard InChI is InChI=1S/C18H18ClNO3S2/c1-12-9-10-20(15-5-3-4-6-16(15)24-12)18(21)13-7-8-14(19)17(11-13)25(2,22)23/h3-8,11-12H,9-10H2,1-2H3/t12-/m1/s1. The molecule has 0 saturated carbocycles. The van der Waals surface area contributed by atoms with Gasteiger partial charge in [-0.15, -0.1) is 11.8 Å². The van der Waals surface area contributed by atoms with Crippen LogP contribution in [0.5, 0.6) is 0 Å². The minimum Gasteiger partial charge on any atom is -0.307 e. The van der Waals surface area contributed by atoms with Crippen LogP contribution in [0.4, 0.5) is 5.69 Å². The Morgan fingerprint density at radius 1 is 1.24 bits per heavy atom. The molecule has 1 atom stereocenters. The smallest absolute Gasteiger partial charge is 0.258 e. The fraction of sp³-hybridized carbons (Fsp3) is 0.278. The summed E-state index contributed by atoms with van der Waals surface area (Å²) in [5.74, 6) is -0.219. The van der Waals surface area contributed by atoms with E-state index in [4.69, 9.17) is 11.6 Å². The SMILES string of the molecule is C[C@@H]1CCN(C(=O)c2ccc(Cl)c(S(C)(=O)=O)c2)c2ccccc2S1. The zero-order valence-corrected chi connectivity index (χ0v) is 16.3. The van der Waals surface area contributed by atoms with E-state index in [0.29, 0.717) is 17.4 Å². The van der Waals surface area contributed by atoms with E-state index in [1.165, 1.54) is 12.1 Å².